The summed E-state index contributed by atoms with van der Waals surface area (Å²) in [4.78, 5) is 40.0. The molecule has 1 aromatic heterocycles. The molecule has 9 heteroatoms. The van der Waals surface area contributed by atoms with Crippen LogP contribution in [0.1, 0.15) is 50.1 Å². The number of carbonyl (C=O) groups excluding carboxylic acids is 2. The minimum Gasteiger partial charge on any atom is -0.481 e. The number of carboxylic acid groups (broad SMARTS) is 1. The SMILES string of the molecule is Cn1nc(C2CCC(=O)NC2=O)c2ccc(N3CCN(C4CCC(C(=O)O)CC4)CC3)cc21. The molecule has 33 heavy (non-hydrogen) atoms. The van der Waals surface area contributed by atoms with Gasteiger partial charge in [-0.2, -0.15) is 5.10 Å². The van der Waals surface area contributed by atoms with Crippen molar-refractivity contribution < 1.29 is 19.5 Å². The highest BCUT2D eigenvalue weighted by Crippen LogP contribution is 2.33. The van der Waals surface area contributed by atoms with Gasteiger partial charge in [0.2, 0.25) is 11.8 Å². The number of nitrogens with zero attached hydrogens (tertiary/aromatic N) is 4. The van der Waals surface area contributed by atoms with Gasteiger partial charge in [0.05, 0.1) is 23.0 Å². The van der Waals surface area contributed by atoms with Crippen molar-refractivity contribution in [2.24, 2.45) is 13.0 Å². The number of aryl methyl sites for hydroxylation is 1. The van der Waals surface area contributed by atoms with E-state index in [0.29, 0.717) is 18.9 Å². The molecule has 1 aromatic carbocycles. The maximum Gasteiger partial charge on any atom is 0.306 e. The smallest absolute Gasteiger partial charge is 0.306 e. The highest BCUT2D eigenvalue weighted by molar-refractivity contribution is 6.02. The third-order valence-corrected chi connectivity index (χ3v) is 7.67. The molecule has 1 aliphatic carbocycles. The Morgan fingerprint density at radius 2 is 1.79 bits per heavy atom. The summed E-state index contributed by atoms with van der Waals surface area (Å²) < 4.78 is 1.83. The number of piperazine rings is 1. The summed E-state index contributed by atoms with van der Waals surface area (Å²) in [5, 5.41) is 17.3. The number of hydrogen-bond acceptors (Lipinski definition) is 6. The molecule has 176 valence electrons. The Bertz CT molecular complexity index is 1080. The number of anilines is 1. The lowest BCUT2D eigenvalue weighted by molar-refractivity contribution is -0.143. The van der Waals surface area contributed by atoms with Crippen LogP contribution < -0.4 is 10.2 Å². The van der Waals surface area contributed by atoms with E-state index >= 15 is 0 Å². The van der Waals surface area contributed by atoms with Crippen LogP contribution in [0.5, 0.6) is 0 Å². The zero-order valence-electron chi connectivity index (χ0n) is 19.0. The molecule has 9 nitrogen and oxygen atoms in total. The highest BCUT2D eigenvalue weighted by Gasteiger charge is 2.33. The molecule has 1 unspecified atom stereocenters. The topological polar surface area (TPSA) is 108 Å². The molecule has 1 saturated carbocycles. The number of rotatable bonds is 4. The maximum absolute atomic E-state index is 12.4. The maximum atomic E-state index is 12.4. The molecular weight excluding hydrogens is 422 g/mol. The lowest BCUT2D eigenvalue weighted by Crippen LogP contribution is -2.51. The van der Waals surface area contributed by atoms with Crippen molar-refractivity contribution in [2.75, 3.05) is 31.1 Å². The number of fused-ring (bicyclic) bond motifs is 1. The van der Waals surface area contributed by atoms with Crippen molar-refractivity contribution in [1.29, 1.82) is 0 Å². The van der Waals surface area contributed by atoms with Gasteiger partial charge in [-0.1, -0.05) is 0 Å². The third-order valence-electron chi connectivity index (χ3n) is 7.67. The van der Waals surface area contributed by atoms with E-state index in [9.17, 15) is 19.5 Å². The van der Waals surface area contributed by atoms with E-state index in [4.69, 9.17) is 0 Å². The minimum absolute atomic E-state index is 0.168. The number of aromatic nitrogens is 2. The van der Waals surface area contributed by atoms with Gasteiger partial charge in [-0.25, -0.2) is 0 Å². The van der Waals surface area contributed by atoms with E-state index in [1.165, 1.54) is 0 Å². The van der Waals surface area contributed by atoms with Gasteiger partial charge in [-0.3, -0.25) is 29.3 Å². The van der Waals surface area contributed by atoms with Gasteiger partial charge in [0.15, 0.2) is 0 Å². The van der Waals surface area contributed by atoms with Gasteiger partial charge in [0, 0.05) is 56.8 Å². The van der Waals surface area contributed by atoms with Crippen LogP contribution in [0.2, 0.25) is 0 Å². The molecule has 1 atom stereocenters. The number of piperidine rings is 1. The van der Waals surface area contributed by atoms with Crippen LogP contribution in [-0.2, 0) is 21.4 Å². The second kappa shape index (κ2) is 8.78. The summed E-state index contributed by atoms with van der Waals surface area (Å²) in [6.45, 7) is 3.82. The Hall–Kier alpha value is -2.94. The zero-order valence-corrected chi connectivity index (χ0v) is 19.0. The first-order chi connectivity index (χ1) is 15.9. The van der Waals surface area contributed by atoms with E-state index in [2.05, 4.69) is 38.4 Å². The van der Waals surface area contributed by atoms with E-state index in [1.54, 1.807) is 0 Å². The van der Waals surface area contributed by atoms with Crippen molar-refractivity contribution in [2.45, 2.75) is 50.5 Å². The first-order valence-corrected chi connectivity index (χ1v) is 11.9. The van der Waals surface area contributed by atoms with Crippen molar-refractivity contribution in [1.82, 2.24) is 20.0 Å². The van der Waals surface area contributed by atoms with Crippen LogP contribution in [0.4, 0.5) is 5.69 Å². The largest absolute Gasteiger partial charge is 0.481 e. The number of hydrogen-bond donors (Lipinski definition) is 2. The van der Waals surface area contributed by atoms with Gasteiger partial charge in [-0.15, -0.1) is 0 Å². The first kappa shape index (κ1) is 21.9. The molecule has 2 N–H and O–H groups in total. The lowest BCUT2D eigenvalue weighted by Gasteiger charge is -2.42. The zero-order chi connectivity index (χ0) is 23.1. The second-order valence-corrected chi connectivity index (χ2v) is 9.58. The predicted molar refractivity (Wildman–Crippen MR) is 123 cm³/mol. The van der Waals surface area contributed by atoms with Gasteiger partial charge < -0.3 is 10.0 Å². The number of imide groups is 1. The third kappa shape index (κ3) is 4.21. The van der Waals surface area contributed by atoms with Crippen LogP contribution >= 0.6 is 0 Å². The summed E-state index contributed by atoms with van der Waals surface area (Å²) in [5.74, 6) is -1.68. The Labute approximate surface area is 192 Å². The van der Waals surface area contributed by atoms with Crippen molar-refractivity contribution in [3.63, 3.8) is 0 Å². The molecule has 2 saturated heterocycles. The molecule has 3 heterocycles. The van der Waals surface area contributed by atoms with E-state index in [-0.39, 0.29) is 17.7 Å². The number of carbonyl (C=O) groups is 3. The Kier molecular flexibility index (Phi) is 5.82. The number of amides is 2. The molecule has 3 aliphatic rings. The lowest BCUT2D eigenvalue weighted by atomic mass is 9.85. The second-order valence-electron chi connectivity index (χ2n) is 9.58. The van der Waals surface area contributed by atoms with Crippen molar-refractivity contribution in [3.05, 3.63) is 23.9 Å². The van der Waals surface area contributed by atoms with E-state index in [0.717, 1.165) is 74.1 Å². The molecule has 2 amide bonds. The van der Waals surface area contributed by atoms with E-state index < -0.39 is 11.9 Å². The average Bonchev–Trinajstić information content (AvgIpc) is 3.15. The van der Waals surface area contributed by atoms with Crippen LogP contribution in [0, 0.1) is 5.92 Å². The first-order valence-electron chi connectivity index (χ1n) is 11.9. The summed E-state index contributed by atoms with van der Waals surface area (Å²) in [6, 6.07) is 6.80. The Balaban J connectivity index is 1.26. The molecule has 2 aromatic rings. The molecule has 5 rings (SSSR count). The fourth-order valence-electron chi connectivity index (χ4n) is 5.72. The van der Waals surface area contributed by atoms with Crippen LogP contribution in [0.25, 0.3) is 10.9 Å². The van der Waals surface area contributed by atoms with Gasteiger partial charge in [-0.05, 0) is 50.3 Å². The summed E-state index contributed by atoms with van der Waals surface area (Å²) in [5.41, 5.74) is 2.88. The van der Waals surface area contributed by atoms with Crippen LogP contribution in [0.15, 0.2) is 18.2 Å². The summed E-state index contributed by atoms with van der Waals surface area (Å²) >= 11 is 0. The highest BCUT2D eigenvalue weighted by atomic mass is 16.4. The van der Waals surface area contributed by atoms with Crippen LogP contribution in [0.3, 0.4) is 0 Å². The normalized spacial score (nSPS) is 27.1. The Morgan fingerprint density at radius 1 is 1.06 bits per heavy atom. The average molecular weight is 454 g/mol. The van der Waals surface area contributed by atoms with Crippen molar-refractivity contribution in [3.8, 4) is 0 Å². The molecule has 3 fully saturated rings. The monoisotopic (exact) mass is 453 g/mol. The molecule has 0 radical (unpaired) electrons. The fourth-order valence-corrected chi connectivity index (χ4v) is 5.72. The molecule has 0 bridgehead atoms. The Morgan fingerprint density at radius 3 is 2.45 bits per heavy atom. The summed E-state index contributed by atoms with van der Waals surface area (Å²) in [6.07, 6.45) is 4.35. The molecular formula is C24H31N5O4. The quantitative estimate of drug-likeness (QED) is 0.681. The van der Waals surface area contributed by atoms with Crippen LogP contribution in [-0.4, -0.2) is 69.8 Å². The van der Waals surface area contributed by atoms with E-state index in [1.807, 2.05) is 11.7 Å². The number of benzene rings is 1. The standard InChI is InChI=1S/C24H31N5O4/c1-27-20-14-17(6-7-18(20)22(26-27)19-8-9-21(30)25-23(19)31)29-12-10-28(11-13-29)16-4-2-15(3-5-16)24(32)33/h6-7,14-16,19H,2-5,8-13H2,1H3,(H,32,33)(H,25,30,31). The number of aliphatic carboxylic acids is 1. The molecule has 0 spiro atoms. The predicted octanol–water partition coefficient (Wildman–Crippen LogP) is 1.86. The number of nitrogens with one attached hydrogen (secondary N) is 1. The van der Waals surface area contributed by atoms with Crippen molar-refractivity contribution >= 4 is 34.4 Å². The van der Waals surface area contributed by atoms with Gasteiger partial charge in [0.25, 0.3) is 0 Å². The number of carboxylic acids is 1. The minimum atomic E-state index is -0.649. The van der Waals surface area contributed by atoms with Gasteiger partial charge in [0.1, 0.15) is 0 Å². The molecule has 2 aliphatic heterocycles. The summed E-state index contributed by atoms with van der Waals surface area (Å²) in [7, 11) is 1.90. The fraction of sp³-hybridized carbons (Fsp3) is 0.583. The van der Waals surface area contributed by atoms with Gasteiger partial charge >= 0.3 is 5.97 Å².